The van der Waals surface area contributed by atoms with Crippen LogP contribution in [0.5, 0.6) is 0 Å². The summed E-state index contributed by atoms with van der Waals surface area (Å²) in [5, 5.41) is 9.35. The molecule has 0 radical (unpaired) electrons. The van der Waals surface area contributed by atoms with Crippen LogP contribution >= 0.6 is 11.6 Å². The molecule has 1 spiro atoms. The Morgan fingerprint density at radius 2 is 1.62 bits per heavy atom. The Labute approximate surface area is 360 Å². The molecule has 3 N–H and O–H groups in total. The van der Waals surface area contributed by atoms with Gasteiger partial charge >= 0.3 is 0 Å². The second-order valence-electron chi connectivity index (χ2n) is 16.8. The van der Waals surface area contributed by atoms with Crippen molar-refractivity contribution < 1.29 is 23.9 Å². The highest BCUT2D eigenvalue weighted by Crippen LogP contribution is 2.44. The molecule has 4 amide bonds. The summed E-state index contributed by atoms with van der Waals surface area (Å²) in [6.45, 7) is 5.30. The van der Waals surface area contributed by atoms with E-state index < -0.39 is 11.5 Å². The fraction of sp³-hybridized carbons (Fsp3) is 0.444. The molecule has 7 heterocycles. The quantitative estimate of drug-likeness (QED) is 0.167. The molecule has 2 aromatic heterocycles. The van der Waals surface area contributed by atoms with Gasteiger partial charge < -0.3 is 35.0 Å². The number of hydrogen-bond donors (Lipinski definition) is 3. The van der Waals surface area contributed by atoms with Crippen LogP contribution in [0.4, 0.5) is 34.5 Å². The summed E-state index contributed by atoms with van der Waals surface area (Å²) in [6.07, 6.45) is 10.2. The van der Waals surface area contributed by atoms with Gasteiger partial charge in [-0.15, -0.1) is 0 Å². The van der Waals surface area contributed by atoms with Crippen molar-refractivity contribution in [1.82, 2.24) is 25.2 Å². The summed E-state index contributed by atoms with van der Waals surface area (Å²) in [5.41, 5.74) is 3.94. The summed E-state index contributed by atoms with van der Waals surface area (Å²) in [5.74, 6) is 1.09. The molecular weight excluding hydrogens is 796 g/mol. The molecule has 318 valence electrons. The average Bonchev–Trinajstić information content (AvgIpc) is 3.60. The molecule has 5 aliphatic heterocycles. The van der Waals surface area contributed by atoms with Gasteiger partial charge in [-0.3, -0.25) is 29.5 Å². The Balaban J connectivity index is 0.745. The molecule has 5 fully saturated rings. The molecule has 2 unspecified atom stereocenters. The van der Waals surface area contributed by atoms with Crippen molar-refractivity contribution in [3.8, 4) is 0 Å². The van der Waals surface area contributed by atoms with E-state index >= 15 is 0 Å². The van der Waals surface area contributed by atoms with Crippen molar-refractivity contribution in [3.63, 3.8) is 0 Å². The lowest BCUT2D eigenvalue weighted by molar-refractivity contribution is -0.138. The number of likely N-dealkylation sites (tertiary alicyclic amines) is 1. The number of halogens is 1. The topological polar surface area (TPSA) is 165 Å². The molecule has 9 rings (SSSR count). The largest absolute Gasteiger partial charge is 0.374 e. The Morgan fingerprint density at radius 1 is 0.852 bits per heavy atom. The summed E-state index contributed by atoms with van der Waals surface area (Å²) in [7, 11) is 0. The lowest BCUT2D eigenvalue weighted by Gasteiger charge is -2.39. The van der Waals surface area contributed by atoms with Crippen LogP contribution < -0.4 is 30.7 Å². The van der Waals surface area contributed by atoms with Gasteiger partial charge in [-0.1, -0.05) is 41.9 Å². The van der Waals surface area contributed by atoms with Crippen LogP contribution in [0.1, 0.15) is 63.0 Å². The number of nitrogens with zero attached hydrogens (tertiary/aromatic N) is 7. The zero-order valence-corrected chi connectivity index (χ0v) is 34.9. The first-order chi connectivity index (χ1) is 29.7. The third-order valence-corrected chi connectivity index (χ3v) is 13.3. The third kappa shape index (κ3) is 8.99. The lowest BCUT2D eigenvalue weighted by atomic mass is 9.77. The maximum absolute atomic E-state index is 14.1. The van der Waals surface area contributed by atoms with E-state index in [1.54, 1.807) is 18.6 Å². The molecule has 0 bridgehead atoms. The van der Waals surface area contributed by atoms with E-state index in [1.165, 1.54) is 0 Å². The number of hydrogen-bond acceptors (Lipinski definition) is 12. The molecule has 5 aliphatic rings. The van der Waals surface area contributed by atoms with E-state index in [0.29, 0.717) is 106 Å². The first-order valence-electron chi connectivity index (χ1n) is 21.4. The molecule has 2 aromatic carbocycles. The average molecular weight is 847 g/mol. The van der Waals surface area contributed by atoms with Gasteiger partial charge in [0.2, 0.25) is 29.6 Å². The fourth-order valence-corrected chi connectivity index (χ4v) is 9.62. The highest BCUT2D eigenvalue weighted by molar-refractivity contribution is 6.32. The van der Waals surface area contributed by atoms with E-state index in [0.717, 1.165) is 49.3 Å². The number of carbonyl (C=O) groups is 4. The Kier molecular flexibility index (Phi) is 11.8. The van der Waals surface area contributed by atoms with Gasteiger partial charge in [0.1, 0.15) is 17.2 Å². The first-order valence-corrected chi connectivity index (χ1v) is 21.8. The van der Waals surface area contributed by atoms with Crippen molar-refractivity contribution in [2.24, 2.45) is 11.3 Å². The van der Waals surface area contributed by atoms with E-state index in [9.17, 15) is 19.2 Å². The molecule has 16 heteroatoms. The SMILES string of the molecule is O=C1CCC(Nc2ccc(N3CCC(CC(=O)N4CCC5(CC4)CCN(c4cncc(Nc6ncc(Cl)c(N7CCOC(c8ccccc8)C7)n6)c4)C5=O)CC3)cc2)C(=O)N1. The second-order valence-corrected chi connectivity index (χ2v) is 17.2. The van der Waals surface area contributed by atoms with Crippen LogP contribution in [-0.2, 0) is 23.9 Å². The minimum absolute atomic E-state index is 0.0935. The zero-order chi connectivity index (χ0) is 41.9. The number of piperidine rings is 3. The van der Waals surface area contributed by atoms with Gasteiger partial charge in [-0.05, 0) is 80.3 Å². The molecule has 4 aromatic rings. The molecule has 0 aliphatic carbocycles. The second kappa shape index (κ2) is 17.7. The van der Waals surface area contributed by atoms with Crippen molar-refractivity contribution in [1.29, 1.82) is 0 Å². The lowest BCUT2D eigenvalue weighted by Crippen LogP contribution is -2.47. The number of pyridine rings is 1. The fourth-order valence-electron chi connectivity index (χ4n) is 9.41. The minimum Gasteiger partial charge on any atom is -0.374 e. The van der Waals surface area contributed by atoms with E-state index in [2.05, 4.69) is 60.0 Å². The summed E-state index contributed by atoms with van der Waals surface area (Å²) >= 11 is 6.62. The van der Waals surface area contributed by atoms with Crippen LogP contribution in [0.2, 0.25) is 5.02 Å². The van der Waals surface area contributed by atoms with Crippen LogP contribution in [0, 0.1) is 11.3 Å². The zero-order valence-electron chi connectivity index (χ0n) is 34.1. The predicted octanol–water partition coefficient (Wildman–Crippen LogP) is 5.72. The van der Waals surface area contributed by atoms with Gasteiger partial charge in [0, 0.05) is 70.0 Å². The number of nitrogens with one attached hydrogen (secondary N) is 3. The Bertz CT molecular complexity index is 2250. The van der Waals surface area contributed by atoms with Gasteiger partial charge in [0.15, 0.2) is 5.82 Å². The summed E-state index contributed by atoms with van der Waals surface area (Å²) < 4.78 is 6.06. The number of imide groups is 1. The van der Waals surface area contributed by atoms with Gasteiger partial charge in [-0.25, -0.2) is 4.98 Å². The predicted molar refractivity (Wildman–Crippen MR) is 233 cm³/mol. The van der Waals surface area contributed by atoms with Gasteiger partial charge in [0.25, 0.3) is 0 Å². The molecule has 0 saturated carbocycles. The van der Waals surface area contributed by atoms with E-state index in [1.807, 2.05) is 46.2 Å². The number of carbonyl (C=O) groups excluding carboxylic acids is 4. The van der Waals surface area contributed by atoms with Gasteiger partial charge in [-0.2, -0.15) is 4.98 Å². The van der Waals surface area contributed by atoms with E-state index in [4.69, 9.17) is 21.3 Å². The number of aromatic nitrogens is 3. The number of rotatable bonds is 10. The van der Waals surface area contributed by atoms with Crippen LogP contribution in [0.3, 0.4) is 0 Å². The molecule has 15 nitrogen and oxygen atoms in total. The number of ether oxygens (including phenoxy) is 1. The normalized spacial score (nSPS) is 22.1. The maximum atomic E-state index is 14.1. The maximum Gasteiger partial charge on any atom is 0.249 e. The smallest absolute Gasteiger partial charge is 0.249 e. The molecule has 5 saturated heterocycles. The summed E-state index contributed by atoms with van der Waals surface area (Å²) in [6, 6.07) is 19.7. The Morgan fingerprint density at radius 3 is 2.39 bits per heavy atom. The van der Waals surface area contributed by atoms with Crippen LogP contribution in [0.25, 0.3) is 0 Å². The van der Waals surface area contributed by atoms with Crippen molar-refractivity contribution >= 4 is 69.7 Å². The highest BCUT2D eigenvalue weighted by atomic mass is 35.5. The Hall–Kier alpha value is -5.80. The van der Waals surface area contributed by atoms with Crippen LogP contribution in [-0.4, -0.2) is 102 Å². The number of morpholine rings is 1. The number of benzene rings is 2. The number of anilines is 6. The van der Waals surface area contributed by atoms with Gasteiger partial charge in [0.05, 0.1) is 42.0 Å². The van der Waals surface area contributed by atoms with Crippen molar-refractivity contribution in [2.75, 3.05) is 77.8 Å². The number of amides is 4. The van der Waals surface area contributed by atoms with Crippen molar-refractivity contribution in [3.05, 3.63) is 89.8 Å². The summed E-state index contributed by atoms with van der Waals surface area (Å²) in [4.78, 5) is 73.2. The minimum atomic E-state index is -0.484. The van der Waals surface area contributed by atoms with Crippen molar-refractivity contribution in [2.45, 2.75) is 63.5 Å². The highest BCUT2D eigenvalue weighted by Gasteiger charge is 2.49. The van der Waals surface area contributed by atoms with Crippen LogP contribution in [0.15, 0.2) is 79.3 Å². The first kappa shape index (κ1) is 40.6. The standard InChI is InChI=1S/C45H51ClN10O5/c46-36-28-48-44(52-41(36)55-22-23-61-38(29-55)31-4-2-1-3-5-31)50-33-25-35(27-47-26-33)56-21-16-45(43(56)60)14-19-54(20-15-45)40(58)24-30-12-17-53(18-13-30)34-8-6-32(7-9-34)49-37-10-11-39(57)51-42(37)59/h1-9,25-28,30,37-38,49H,10-24,29H2,(H,48,50,52)(H,51,57,59). The molecule has 61 heavy (non-hydrogen) atoms. The molecular formula is C45H51ClN10O5. The van der Waals surface area contributed by atoms with E-state index in [-0.39, 0.29) is 29.7 Å². The molecule has 2 atom stereocenters. The third-order valence-electron chi connectivity index (χ3n) is 13.0. The monoisotopic (exact) mass is 846 g/mol.